The van der Waals surface area contributed by atoms with Crippen molar-refractivity contribution in [3.05, 3.63) is 35.9 Å². The van der Waals surface area contributed by atoms with Crippen molar-refractivity contribution >= 4 is 23.5 Å². The van der Waals surface area contributed by atoms with Crippen molar-refractivity contribution in [3.8, 4) is 5.88 Å². The Morgan fingerprint density at radius 3 is 2.50 bits per heavy atom. The second-order valence-corrected chi connectivity index (χ2v) is 8.65. The first-order valence-corrected chi connectivity index (χ1v) is 11.9. The average Bonchev–Trinajstić information content (AvgIpc) is 2.85. The van der Waals surface area contributed by atoms with E-state index in [0.717, 1.165) is 44.1 Å². The molecule has 0 unspecified atom stereocenters. The molecule has 10 heteroatoms. The van der Waals surface area contributed by atoms with Crippen LogP contribution in [-0.4, -0.2) is 86.7 Å². The zero-order valence-corrected chi connectivity index (χ0v) is 20.0. The number of urea groups is 1. The number of aromatic nitrogens is 2. The molecule has 4 rings (SSSR count). The summed E-state index contributed by atoms with van der Waals surface area (Å²) in [5.74, 6) is 1.71. The average molecular weight is 471 g/mol. The molecule has 1 aromatic heterocycles. The van der Waals surface area contributed by atoms with Gasteiger partial charge >= 0.3 is 6.03 Å². The highest BCUT2D eigenvalue weighted by molar-refractivity contribution is 5.99. The lowest BCUT2D eigenvalue weighted by molar-refractivity contribution is 0.0320. The summed E-state index contributed by atoms with van der Waals surface area (Å²) in [6.45, 7) is 11.4. The molecule has 10 nitrogen and oxygen atoms in total. The molecule has 34 heavy (non-hydrogen) atoms. The second kappa shape index (κ2) is 12.0. The fourth-order valence-electron chi connectivity index (χ4n) is 3.81. The molecule has 0 atom stereocenters. The second-order valence-electron chi connectivity index (χ2n) is 8.65. The van der Waals surface area contributed by atoms with Crippen LogP contribution in [0, 0.1) is 0 Å². The first kappa shape index (κ1) is 24.2. The highest BCUT2D eigenvalue weighted by Gasteiger charge is 2.18. The van der Waals surface area contributed by atoms with Crippen molar-refractivity contribution in [2.45, 2.75) is 19.8 Å². The highest BCUT2D eigenvalue weighted by Crippen LogP contribution is 2.22. The molecule has 184 valence electrons. The number of morpholine rings is 2. The van der Waals surface area contributed by atoms with E-state index >= 15 is 0 Å². The predicted molar refractivity (Wildman–Crippen MR) is 131 cm³/mol. The Labute approximate surface area is 200 Å². The number of carbonyl (C=O) groups is 1. The van der Waals surface area contributed by atoms with Crippen molar-refractivity contribution in [2.24, 2.45) is 0 Å². The maximum absolute atomic E-state index is 12.7. The van der Waals surface area contributed by atoms with Crippen LogP contribution in [0.1, 0.15) is 25.3 Å². The molecule has 1 aromatic carbocycles. The molecule has 0 aliphatic carbocycles. The van der Waals surface area contributed by atoms with Crippen LogP contribution < -0.4 is 20.3 Å². The van der Waals surface area contributed by atoms with E-state index in [0.29, 0.717) is 56.5 Å². The maximum Gasteiger partial charge on any atom is 0.324 e. The minimum Gasteiger partial charge on any atom is -0.476 e. The first-order valence-electron chi connectivity index (χ1n) is 11.9. The van der Waals surface area contributed by atoms with Crippen LogP contribution in [0.2, 0.25) is 0 Å². The summed E-state index contributed by atoms with van der Waals surface area (Å²) in [5, 5.41) is 5.72. The van der Waals surface area contributed by atoms with Crippen LogP contribution in [0.25, 0.3) is 0 Å². The Balaban J connectivity index is 1.43. The Hall–Kier alpha value is -2.95. The van der Waals surface area contributed by atoms with E-state index in [2.05, 4.69) is 39.3 Å². The van der Waals surface area contributed by atoms with E-state index in [9.17, 15) is 4.79 Å². The van der Waals surface area contributed by atoms with E-state index in [1.165, 1.54) is 0 Å². The summed E-state index contributed by atoms with van der Waals surface area (Å²) in [4.78, 5) is 26.2. The number of ether oxygens (including phenoxy) is 3. The number of amides is 2. The van der Waals surface area contributed by atoms with Crippen molar-refractivity contribution < 1.29 is 19.0 Å². The van der Waals surface area contributed by atoms with Gasteiger partial charge in [0.05, 0.1) is 26.4 Å². The molecule has 2 aliphatic heterocycles. The number of hydrogen-bond acceptors (Lipinski definition) is 8. The molecule has 2 aliphatic rings. The summed E-state index contributed by atoms with van der Waals surface area (Å²) in [7, 11) is 0. The molecular formula is C24H34N6O4. The number of anilines is 3. The number of hydrogen-bond donors (Lipinski definition) is 2. The van der Waals surface area contributed by atoms with Crippen LogP contribution in [0.4, 0.5) is 22.2 Å². The third kappa shape index (κ3) is 7.02. The lowest BCUT2D eigenvalue weighted by Crippen LogP contribution is -2.39. The third-order valence-electron chi connectivity index (χ3n) is 5.80. The van der Waals surface area contributed by atoms with Crippen LogP contribution in [0.5, 0.6) is 5.88 Å². The Bertz CT molecular complexity index is 945. The van der Waals surface area contributed by atoms with Crippen molar-refractivity contribution in [3.63, 3.8) is 0 Å². The monoisotopic (exact) mass is 470 g/mol. The summed E-state index contributed by atoms with van der Waals surface area (Å²) >= 11 is 0. The zero-order valence-electron chi connectivity index (χ0n) is 20.0. The van der Waals surface area contributed by atoms with Crippen molar-refractivity contribution in [2.75, 3.05) is 81.3 Å². The van der Waals surface area contributed by atoms with E-state index in [1.807, 2.05) is 29.2 Å². The summed E-state index contributed by atoms with van der Waals surface area (Å²) < 4.78 is 16.8. The van der Waals surface area contributed by atoms with Crippen LogP contribution in [0.3, 0.4) is 0 Å². The molecule has 0 saturated carbocycles. The van der Waals surface area contributed by atoms with Gasteiger partial charge < -0.3 is 24.4 Å². The van der Waals surface area contributed by atoms with Gasteiger partial charge in [-0.1, -0.05) is 26.0 Å². The predicted octanol–water partition coefficient (Wildman–Crippen LogP) is 2.79. The largest absolute Gasteiger partial charge is 0.476 e. The van der Waals surface area contributed by atoms with E-state index in [-0.39, 0.29) is 6.03 Å². The third-order valence-corrected chi connectivity index (χ3v) is 5.80. The van der Waals surface area contributed by atoms with Gasteiger partial charge in [-0.25, -0.2) is 4.79 Å². The van der Waals surface area contributed by atoms with Gasteiger partial charge in [-0.3, -0.25) is 10.2 Å². The number of carbonyl (C=O) groups excluding carboxylic acids is 1. The van der Waals surface area contributed by atoms with Gasteiger partial charge in [0, 0.05) is 44.5 Å². The van der Waals surface area contributed by atoms with Crippen LogP contribution >= 0.6 is 0 Å². The highest BCUT2D eigenvalue weighted by atomic mass is 16.5. The number of nitrogens with zero attached hydrogens (tertiary/aromatic N) is 4. The van der Waals surface area contributed by atoms with Crippen LogP contribution in [0.15, 0.2) is 30.3 Å². The Morgan fingerprint density at radius 2 is 1.76 bits per heavy atom. The molecule has 0 bridgehead atoms. The molecule has 0 spiro atoms. The molecule has 2 N–H and O–H groups in total. The molecule has 2 amide bonds. The van der Waals surface area contributed by atoms with Gasteiger partial charge in [0.1, 0.15) is 12.4 Å². The van der Waals surface area contributed by atoms with E-state index < -0.39 is 0 Å². The van der Waals surface area contributed by atoms with Gasteiger partial charge in [0.2, 0.25) is 11.8 Å². The Morgan fingerprint density at radius 1 is 1.03 bits per heavy atom. The lowest BCUT2D eigenvalue weighted by atomic mass is 10.0. The van der Waals surface area contributed by atoms with Crippen molar-refractivity contribution in [1.82, 2.24) is 14.9 Å². The number of nitrogens with one attached hydrogen (secondary N) is 2. The van der Waals surface area contributed by atoms with Gasteiger partial charge in [-0.05, 0) is 23.6 Å². The zero-order chi connectivity index (χ0) is 23.8. The molecular weight excluding hydrogens is 436 g/mol. The molecule has 2 fully saturated rings. The first-order chi connectivity index (χ1) is 16.6. The number of benzene rings is 1. The smallest absolute Gasteiger partial charge is 0.324 e. The van der Waals surface area contributed by atoms with Crippen LogP contribution in [-0.2, 0) is 9.47 Å². The summed E-state index contributed by atoms with van der Waals surface area (Å²) in [5.41, 5.74) is 1.89. The van der Waals surface area contributed by atoms with Gasteiger partial charge in [-0.2, -0.15) is 9.97 Å². The fraction of sp³-hybridized carbons (Fsp3) is 0.542. The van der Waals surface area contributed by atoms with Crippen molar-refractivity contribution in [1.29, 1.82) is 0 Å². The van der Waals surface area contributed by atoms with Gasteiger partial charge in [0.15, 0.2) is 0 Å². The molecule has 3 heterocycles. The summed E-state index contributed by atoms with van der Waals surface area (Å²) in [6.07, 6.45) is 0. The topological polar surface area (TPSA) is 101 Å². The quantitative estimate of drug-likeness (QED) is 0.608. The summed E-state index contributed by atoms with van der Waals surface area (Å²) in [6, 6.07) is 9.12. The SMILES string of the molecule is CC(C)c1cccc(NC(=O)Nc2cc(OCCN3CCOCC3)nc(N3CCOCC3)n2)c1. The standard InChI is InChI=1S/C24H34N6O4/c1-18(2)19-4-3-5-20(16-19)25-24(31)27-21-17-22(34-15-8-29-6-11-32-12-7-29)28-23(26-21)30-9-13-33-14-10-30/h3-5,16-18H,6-15H2,1-2H3,(H2,25,26,27,28,31). The fourth-order valence-corrected chi connectivity index (χ4v) is 3.81. The maximum atomic E-state index is 12.7. The molecule has 0 radical (unpaired) electrons. The minimum atomic E-state index is -0.369. The molecule has 2 aromatic rings. The Kier molecular flexibility index (Phi) is 8.51. The normalized spacial score (nSPS) is 17.0. The number of rotatable bonds is 8. The molecule has 2 saturated heterocycles. The lowest BCUT2D eigenvalue weighted by Gasteiger charge is -2.28. The van der Waals surface area contributed by atoms with Gasteiger partial charge in [-0.15, -0.1) is 0 Å². The van der Waals surface area contributed by atoms with E-state index in [4.69, 9.17) is 14.2 Å². The van der Waals surface area contributed by atoms with E-state index in [1.54, 1.807) is 6.07 Å². The minimum absolute atomic E-state index is 0.369. The van der Waals surface area contributed by atoms with Gasteiger partial charge in [0.25, 0.3) is 0 Å².